The molecule has 3 atom stereocenters. The number of ether oxygens (including phenoxy) is 2. The van der Waals surface area contributed by atoms with E-state index < -0.39 is 24.5 Å². The molecule has 0 bridgehead atoms. The summed E-state index contributed by atoms with van der Waals surface area (Å²) >= 11 is 0. The zero-order chi connectivity index (χ0) is 15.9. The Morgan fingerprint density at radius 2 is 2.41 bits per heavy atom. The fraction of sp³-hybridized carbons (Fsp3) is 0.462. The molecule has 0 unspecified atom stereocenters. The van der Waals surface area contributed by atoms with Crippen LogP contribution in [0.5, 0.6) is 6.01 Å². The summed E-state index contributed by atoms with van der Waals surface area (Å²) in [6.07, 6.45) is 5.39. The molecule has 1 aliphatic rings. The lowest BCUT2D eigenvalue weighted by atomic mass is 9.99. The molecule has 2 aromatic heterocycles. The van der Waals surface area contributed by atoms with Crippen LogP contribution in [-0.2, 0) is 4.74 Å². The van der Waals surface area contributed by atoms with Gasteiger partial charge in [0.2, 0.25) is 0 Å². The summed E-state index contributed by atoms with van der Waals surface area (Å²) < 4.78 is 12.2. The van der Waals surface area contributed by atoms with E-state index in [4.69, 9.17) is 21.6 Å². The van der Waals surface area contributed by atoms with Crippen molar-refractivity contribution in [2.45, 2.75) is 24.4 Å². The van der Waals surface area contributed by atoms with E-state index in [-0.39, 0.29) is 18.2 Å². The summed E-state index contributed by atoms with van der Waals surface area (Å²) in [4.78, 5) is 12.3. The molecule has 0 aromatic carbocycles. The van der Waals surface area contributed by atoms with Gasteiger partial charge in [-0.25, -0.2) is 4.98 Å². The quantitative estimate of drug-likeness (QED) is 0.620. The molecule has 0 saturated carbocycles. The van der Waals surface area contributed by atoms with E-state index in [1.807, 2.05) is 0 Å². The third kappa shape index (κ3) is 1.97. The molecule has 9 heteroatoms. The van der Waals surface area contributed by atoms with Gasteiger partial charge in [-0.1, -0.05) is 5.92 Å². The average molecular weight is 305 g/mol. The molecule has 1 fully saturated rings. The average Bonchev–Trinajstić information content (AvgIpc) is 3.08. The second-order valence-electron chi connectivity index (χ2n) is 4.94. The van der Waals surface area contributed by atoms with Crippen LogP contribution < -0.4 is 10.5 Å². The van der Waals surface area contributed by atoms with E-state index >= 15 is 0 Å². The fourth-order valence-electron chi connectivity index (χ4n) is 2.46. The van der Waals surface area contributed by atoms with Crippen molar-refractivity contribution in [2.24, 2.45) is 0 Å². The molecule has 0 spiro atoms. The number of aliphatic hydroxyl groups excluding tert-OH is 2. The molecule has 0 aliphatic carbocycles. The minimum Gasteiger partial charge on any atom is -0.467 e. The third-order valence-electron chi connectivity index (χ3n) is 3.71. The van der Waals surface area contributed by atoms with Gasteiger partial charge in [-0.3, -0.25) is 4.57 Å². The van der Waals surface area contributed by atoms with Crippen LogP contribution in [0.1, 0.15) is 12.6 Å². The second kappa shape index (κ2) is 5.10. The lowest BCUT2D eigenvalue weighted by Gasteiger charge is -2.23. The highest BCUT2D eigenvalue weighted by Gasteiger charge is 2.47. The topological polar surface area (TPSA) is 129 Å². The Morgan fingerprint density at radius 1 is 1.64 bits per heavy atom. The summed E-state index contributed by atoms with van der Waals surface area (Å²) in [5, 5.41) is 19.5. The first-order valence-corrected chi connectivity index (χ1v) is 6.53. The van der Waals surface area contributed by atoms with Crippen molar-refractivity contribution in [3.8, 4) is 18.4 Å². The Morgan fingerprint density at radius 3 is 3.00 bits per heavy atom. The highest BCUT2D eigenvalue weighted by atomic mass is 16.6. The van der Waals surface area contributed by atoms with E-state index in [2.05, 4.69) is 20.9 Å². The van der Waals surface area contributed by atoms with Crippen LogP contribution in [0.4, 0.5) is 5.82 Å². The van der Waals surface area contributed by atoms with Crippen LogP contribution in [-0.4, -0.2) is 55.2 Å². The molecule has 9 nitrogen and oxygen atoms in total. The van der Waals surface area contributed by atoms with Crippen molar-refractivity contribution in [1.82, 2.24) is 19.5 Å². The molecule has 116 valence electrons. The molecular formula is C13H15N5O4. The SMILES string of the molecule is C#C[C@]1(CO)O[C@@H](n2cnc3c(N)nc(OC)nc32)C[C@@H]1O. The van der Waals surface area contributed by atoms with Crippen LogP contribution in [0.15, 0.2) is 6.33 Å². The summed E-state index contributed by atoms with van der Waals surface area (Å²) in [5.74, 6) is 2.48. The maximum absolute atomic E-state index is 10.1. The third-order valence-corrected chi connectivity index (χ3v) is 3.71. The van der Waals surface area contributed by atoms with E-state index in [1.54, 1.807) is 4.57 Å². The van der Waals surface area contributed by atoms with Gasteiger partial charge in [0.25, 0.3) is 0 Å². The van der Waals surface area contributed by atoms with Gasteiger partial charge < -0.3 is 25.4 Å². The predicted octanol–water partition coefficient (Wildman–Crippen LogP) is -0.939. The van der Waals surface area contributed by atoms with Crippen LogP contribution in [0.25, 0.3) is 11.2 Å². The minimum atomic E-state index is -1.44. The molecule has 2 aromatic rings. The summed E-state index contributed by atoms with van der Waals surface area (Å²) in [5.41, 5.74) is 5.15. The molecule has 4 N–H and O–H groups in total. The smallest absolute Gasteiger partial charge is 0.320 e. The number of aliphatic hydroxyl groups is 2. The molecule has 3 rings (SSSR count). The Hall–Kier alpha value is -2.41. The maximum Gasteiger partial charge on any atom is 0.320 e. The number of hydrogen-bond donors (Lipinski definition) is 3. The van der Waals surface area contributed by atoms with Gasteiger partial charge in [0, 0.05) is 6.42 Å². The lowest BCUT2D eigenvalue weighted by Crippen LogP contribution is -2.41. The highest BCUT2D eigenvalue weighted by Crippen LogP contribution is 2.37. The van der Waals surface area contributed by atoms with Gasteiger partial charge in [0.15, 0.2) is 22.6 Å². The molecule has 1 aliphatic heterocycles. The van der Waals surface area contributed by atoms with Crippen LogP contribution in [0.3, 0.4) is 0 Å². The number of anilines is 1. The molecule has 0 amide bonds. The van der Waals surface area contributed by atoms with Crippen LogP contribution in [0, 0.1) is 12.3 Å². The van der Waals surface area contributed by atoms with Gasteiger partial charge in [0.05, 0.1) is 20.0 Å². The minimum absolute atomic E-state index is 0.0932. The van der Waals surface area contributed by atoms with E-state index in [0.717, 1.165) is 0 Å². The van der Waals surface area contributed by atoms with Crippen molar-refractivity contribution in [2.75, 3.05) is 19.5 Å². The number of nitrogen functional groups attached to an aromatic ring is 1. The number of nitrogens with two attached hydrogens (primary N) is 1. The van der Waals surface area contributed by atoms with Crippen molar-refractivity contribution in [3.05, 3.63) is 6.33 Å². The Labute approximate surface area is 125 Å². The van der Waals surface area contributed by atoms with Crippen LogP contribution >= 0.6 is 0 Å². The number of fused-ring (bicyclic) bond motifs is 1. The van der Waals surface area contributed by atoms with Crippen molar-refractivity contribution >= 4 is 17.0 Å². The molecule has 1 saturated heterocycles. The fourth-order valence-corrected chi connectivity index (χ4v) is 2.46. The van der Waals surface area contributed by atoms with Crippen molar-refractivity contribution in [3.63, 3.8) is 0 Å². The number of aromatic nitrogens is 4. The van der Waals surface area contributed by atoms with E-state index in [0.29, 0.717) is 11.2 Å². The highest BCUT2D eigenvalue weighted by molar-refractivity contribution is 5.82. The lowest BCUT2D eigenvalue weighted by molar-refractivity contribution is -0.0891. The number of hydrogen-bond acceptors (Lipinski definition) is 8. The zero-order valence-electron chi connectivity index (χ0n) is 11.8. The van der Waals surface area contributed by atoms with E-state index in [9.17, 15) is 10.2 Å². The first-order chi connectivity index (χ1) is 10.5. The largest absolute Gasteiger partial charge is 0.467 e. The van der Waals surface area contributed by atoms with Gasteiger partial charge >= 0.3 is 6.01 Å². The second-order valence-corrected chi connectivity index (χ2v) is 4.94. The number of terminal acetylenes is 1. The Balaban J connectivity index is 2.05. The Kier molecular flexibility index (Phi) is 3.37. The normalized spacial score (nSPS) is 27.9. The number of rotatable bonds is 3. The standard InChI is InChI=1S/C13H15N5O4/c1-3-13(5-19)7(20)4-8(22-13)18-6-15-9-10(14)16-12(21-2)17-11(9)18/h1,6-8,19-20H,4-5H2,2H3,(H2,14,16,17)/t7-,8+,13+/m0/s1. The van der Waals surface area contributed by atoms with E-state index in [1.165, 1.54) is 13.4 Å². The van der Waals surface area contributed by atoms with Crippen molar-refractivity contribution in [1.29, 1.82) is 0 Å². The molecular weight excluding hydrogens is 290 g/mol. The Bertz CT molecular complexity index is 755. The first-order valence-electron chi connectivity index (χ1n) is 6.53. The number of imidazole rings is 1. The van der Waals surface area contributed by atoms with Crippen molar-refractivity contribution < 1.29 is 19.7 Å². The zero-order valence-corrected chi connectivity index (χ0v) is 11.8. The van der Waals surface area contributed by atoms with Gasteiger partial charge in [-0.15, -0.1) is 6.42 Å². The summed E-state index contributed by atoms with van der Waals surface area (Å²) in [7, 11) is 1.42. The van der Waals surface area contributed by atoms with Gasteiger partial charge in [-0.2, -0.15) is 9.97 Å². The molecule has 22 heavy (non-hydrogen) atoms. The van der Waals surface area contributed by atoms with Crippen LogP contribution in [0.2, 0.25) is 0 Å². The molecule has 3 heterocycles. The number of methoxy groups -OCH3 is 1. The monoisotopic (exact) mass is 305 g/mol. The number of nitrogens with zero attached hydrogens (tertiary/aromatic N) is 4. The summed E-state index contributed by atoms with van der Waals surface area (Å²) in [6, 6.07) is 0.0932. The predicted molar refractivity (Wildman–Crippen MR) is 75.7 cm³/mol. The van der Waals surface area contributed by atoms with Gasteiger partial charge in [0.1, 0.15) is 12.3 Å². The summed E-state index contributed by atoms with van der Waals surface area (Å²) in [6.45, 7) is -0.492. The first kappa shape index (κ1) is 14.5. The van der Waals surface area contributed by atoms with Gasteiger partial charge in [-0.05, 0) is 0 Å². The maximum atomic E-state index is 10.1. The molecule has 0 radical (unpaired) electrons.